The molecule has 12 aromatic rings. The summed E-state index contributed by atoms with van der Waals surface area (Å²) in [5.74, 6) is 1.87. The van der Waals surface area contributed by atoms with Crippen LogP contribution in [-0.2, 0) is 5.41 Å². The molecule has 5 nitrogen and oxygen atoms in total. The molecule has 3 heterocycles. The van der Waals surface area contributed by atoms with Crippen molar-refractivity contribution in [1.29, 1.82) is 0 Å². The van der Waals surface area contributed by atoms with Crippen molar-refractivity contribution in [3.05, 3.63) is 229 Å². The van der Waals surface area contributed by atoms with E-state index in [1.54, 1.807) is 0 Å². The van der Waals surface area contributed by atoms with Gasteiger partial charge in [-0.3, -0.25) is 0 Å². The molecule has 0 aliphatic heterocycles. The van der Waals surface area contributed by atoms with E-state index >= 15 is 0 Å². The first-order valence-corrected chi connectivity index (χ1v) is 21.4. The van der Waals surface area contributed by atoms with Crippen molar-refractivity contribution >= 4 is 43.7 Å². The third kappa shape index (κ3) is 4.68. The molecule has 0 bridgehead atoms. The number of rotatable bonds is 4. The van der Waals surface area contributed by atoms with Gasteiger partial charge in [-0.05, 0) is 99.1 Å². The molecule has 0 saturated carbocycles. The third-order valence-corrected chi connectivity index (χ3v) is 13.4. The molecule has 0 N–H and O–H groups in total. The Labute approximate surface area is 362 Å². The van der Waals surface area contributed by atoms with Crippen molar-refractivity contribution in [1.82, 2.24) is 19.5 Å². The Bertz CT molecular complexity index is 3750. The van der Waals surface area contributed by atoms with Crippen LogP contribution in [0.1, 0.15) is 22.3 Å². The van der Waals surface area contributed by atoms with Gasteiger partial charge in [-0.1, -0.05) is 152 Å². The Morgan fingerprint density at radius 1 is 0.365 bits per heavy atom. The van der Waals surface area contributed by atoms with Gasteiger partial charge in [0, 0.05) is 43.9 Å². The van der Waals surface area contributed by atoms with Crippen LogP contribution in [0.4, 0.5) is 0 Å². The molecule has 2 aliphatic rings. The second-order valence-electron chi connectivity index (χ2n) is 16.7. The molecular weight excluding hydrogens is 769 g/mol. The van der Waals surface area contributed by atoms with Crippen molar-refractivity contribution < 1.29 is 4.42 Å². The van der Waals surface area contributed by atoms with E-state index in [2.05, 4.69) is 150 Å². The van der Waals surface area contributed by atoms with Crippen molar-refractivity contribution in [2.24, 2.45) is 0 Å². The first kappa shape index (κ1) is 34.3. The largest absolute Gasteiger partial charge is 0.456 e. The van der Waals surface area contributed by atoms with E-state index in [0.29, 0.717) is 17.5 Å². The smallest absolute Gasteiger partial charge is 0.164 e. The second-order valence-corrected chi connectivity index (χ2v) is 16.7. The van der Waals surface area contributed by atoms with Crippen LogP contribution in [0.5, 0.6) is 0 Å². The van der Waals surface area contributed by atoms with E-state index in [4.69, 9.17) is 19.4 Å². The minimum absolute atomic E-state index is 0.609. The topological polar surface area (TPSA) is 56.7 Å². The fourth-order valence-electron chi connectivity index (χ4n) is 10.9. The van der Waals surface area contributed by atoms with Crippen LogP contribution in [0.2, 0.25) is 0 Å². The molecule has 0 fully saturated rings. The predicted molar refractivity (Wildman–Crippen MR) is 254 cm³/mol. The monoisotopic (exact) mass is 802 g/mol. The first-order chi connectivity index (χ1) is 31.2. The van der Waals surface area contributed by atoms with E-state index < -0.39 is 5.41 Å². The van der Waals surface area contributed by atoms with Crippen molar-refractivity contribution in [2.75, 3.05) is 0 Å². The maximum absolute atomic E-state index is 6.87. The maximum atomic E-state index is 6.87. The summed E-state index contributed by atoms with van der Waals surface area (Å²) < 4.78 is 9.31. The highest BCUT2D eigenvalue weighted by Gasteiger charge is 2.53. The molecule has 292 valence electrons. The van der Waals surface area contributed by atoms with Gasteiger partial charge >= 0.3 is 0 Å². The Kier molecular flexibility index (Phi) is 6.97. The zero-order valence-corrected chi connectivity index (χ0v) is 33.8. The lowest BCUT2D eigenvalue weighted by Gasteiger charge is -2.31. The number of para-hydroxylation sites is 2. The van der Waals surface area contributed by atoms with Gasteiger partial charge in [-0.25, -0.2) is 15.0 Å². The van der Waals surface area contributed by atoms with Crippen molar-refractivity contribution in [3.63, 3.8) is 0 Å². The van der Waals surface area contributed by atoms with Crippen molar-refractivity contribution in [2.45, 2.75) is 5.41 Å². The highest BCUT2D eigenvalue weighted by molar-refractivity contribution is 6.17. The van der Waals surface area contributed by atoms with Gasteiger partial charge < -0.3 is 8.98 Å². The standard InChI is InChI=1S/C58H34N4O/c1-4-16-35(17-5-1)55-59-56(36-18-6-2-7-19-36)61-57(60-55)37-28-30-51-45(32-37)53-52(63-51)31-29-42-43-33-44-41-24-12-15-27-49(41)62(38-20-8-3-9-21-38)50(44)34-48(43)58(54(42)53)46-25-13-10-22-39(46)40-23-11-14-26-47(40)58/h1-34H. The van der Waals surface area contributed by atoms with Gasteiger partial charge in [-0.2, -0.15) is 0 Å². The van der Waals surface area contributed by atoms with Crippen LogP contribution in [0.15, 0.2) is 211 Å². The quantitative estimate of drug-likeness (QED) is 0.178. The molecule has 2 aliphatic carbocycles. The summed E-state index contributed by atoms with van der Waals surface area (Å²) in [5.41, 5.74) is 17.4. The fourth-order valence-corrected chi connectivity index (χ4v) is 10.9. The number of aromatic nitrogens is 4. The van der Waals surface area contributed by atoms with Gasteiger partial charge in [0.05, 0.1) is 16.4 Å². The minimum Gasteiger partial charge on any atom is -0.456 e. The summed E-state index contributed by atoms with van der Waals surface area (Å²) in [7, 11) is 0. The summed E-state index contributed by atoms with van der Waals surface area (Å²) in [6, 6.07) is 73.7. The second kappa shape index (κ2) is 12.8. The Hall–Kier alpha value is -8.41. The van der Waals surface area contributed by atoms with Gasteiger partial charge in [0.25, 0.3) is 0 Å². The Morgan fingerprint density at radius 3 is 1.62 bits per heavy atom. The number of hydrogen-bond donors (Lipinski definition) is 0. The lowest BCUT2D eigenvalue weighted by Crippen LogP contribution is -2.26. The Balaban J connectivity index is 1.09. The van der Waals surface area contributed by atoms with Gasteiger partial charge in [0.2, 0.25) is 0 Å². The normalized spacial score (nSPS) is 13.2. The molecule has 0 atom stereocenters. The molecule has 0 unspecified atom stereocenters. The van der Waals surface area contributed by atoms with E-state index in [1.165, 1.54) is 66.3 Å². The SMILES string of the molecule is c1ccc(-c2nc(-c3ccccc3)nc(-c3ccc4oc5ccc6c(c5c4c3)C3(c4ccccc4-c4ccccc43)c3cc4c(cc3-6)c3ccccc3n4-c3ccccc3)n2)cc1. The first-order valence-electron chi connectivity index (χ1n) is 21.4. The van der Waals surface area contributed by atoms with Gasteiger partial charge in [-0.15, -0.1) is 0 Å². The summed E-state index contributed by atoms with van der Waals surface area (Å²) in [5, 5.41) is 4.59. The van der Waals surface area contributed by atoms with Crippen LogP contribution in [0.3, 0.4) is 0 Å². The van der Waals surface area contributed by atoms with Crippen LogP contribution in [0.25, 0.3) is 106 Å². The molecular formula is C58H34N4O. The number of fused-ring (bicyclic) bond motifs is 17. The van der Waals surface area contributed by atoms with Crippen molar-refractivity contribution in [3.8, 4) is 62.1 Å². The number of furan rings is 1. The molecule has 0 saturated heterocycles. The highest BCUT2D eigenvalue weighted by Crippen LogP contribution is 2.65. The minimum atomic E-state index is -0.634. The zero-order chi connectivity index (χ0) is 41.2. The third-order valence-electron chi connectivity index (χ3n) is 13.4. The molecule has 0 amide bonds. The lowest BCUT2D eigenvalue weighted by molar-refractivity contribution is 0.668. The molecule has 1 spiro atoms. The lowest BCUT2D eigenvalue weighted by atomic mass is 9.69. The predicted octanol–water partition coefficient (Wildman–Crippen LogP) is 14.2. The summed E-state index contributed by atoms with van der Waals surface area (Å²) in [6.45, 7) is 0. The molecule has 0 radical (unpaired) electrons. The van der Waals surface area contributed by atoms with E-state index in [-0.39, 0.29) is 0 Å². The maximum Gasteiger partial charge on any atom is 0.164 e. The van der Waals surface area contributed by atoms with E-state index in [1.807, 2.05) is 60.7 Å². The zero-order valence-electron chi connectivity index (χ0n) is 33.8. The summed E-state index contributed by atoms with van der Waals surface area (Å²) >= 11 is 0. The number of hydrogen-bond acceptors (Lipinski definition) is 4. The fraction of sp³-hybridized carbons (Fsp3) is 0.0172. The molecule has 14 rings (SSSR count). The molecule has 3 aromatic heterocycles. The Morgan fingerprint density at radius 2 is 0.937 bits per heavy atom. The van der Waals surface area contributed by atoms with Crippen LogP contribution >= 0.6 is 0 Å². The summed E-state index contributed by atoms with van der Waals surface area (Å²) in [4.78, 5) is 15.3. The van der Waals surface area contributed by atoms with E-state index in [0.717, 1.165) is 44.3 Å². The molecule has 9 aromatic carbocycles. The average molecular weight is 803 g/mol. The number of nitrogens with zero attached hydrogens (tertiary/aromatic N) is 4. The van der Waals surface area contributed by atoms with E-state index in [9.17, 15) is 0 Å². The molecule has 5 heteroatoms. The highest BCUT2D eigenvalue weighted by atomic mass is 16.3. The number of benzene rings is 9. The van der Waals surface area contributed by atoms with Gasteiger partial charge in [0.1, 0.15) is 11.2 Å². The van der Waals surface area contributed by atoms with Gasteiger partial charge in [0.15, 0.2) is 17.5 Å². The van der Waals surface area contributed by atoms with Crippen LogP contribution in [-0.4, -0.2) is 19.5 Å². The molecule has 63 heavy (non-hydrogen) atoms. The van der Waals surface area contributed by atoms with Crippen LogP contribution in [0, 0.1) is 0 Å². The average Bonchev–Trinajstić information content (AvgIpc) is 4.07. The summed E-state index contributed by atoms with van der Waals surface area (Å²) in [6.07, 6.45) is 0. The van der Waals surface area contributed by atoms with Crippen LogP contribution < -0.4 is 0 Å².